The Balaban J connectivity index is 1.24. The predicted octanol–water partition coefficient (Wildman–Crippen LogP) is 7.48. The van der Waals surface area contributed by atoms with Gasteiger partial charge in [0, 0.05) is 0 Å². The summed E-state index contributed by atoms with van der Waals surface area (Å²) in [7, 11) is 0. The van der Waals surface area contributed by atoms with Crippen molar-refractivity contribution in [2.24, 2.45) is 0 Å². The number of hydrogen-bond donors (Lipinski definition) is 0. The SMILES string of the molecule is O=[N+]([O-])c1cc[c]([Ge]23[c]4c5cccc4Oc4c6[c]7c(c([c]42)N(c2ccccc2)c2cccc([c]23)O5)N(c2ccccc2)c2cccc3[c]2[Ge]7[c]2c(cccc2O6)O3)cc1. The molecule has 277 valence electrons. The molecular formula is C48H26Ge2N3O6. The van der Waals surface area contributed by atoms with Crippen molar-refractivity contribution in [3.63, 3.8) is 0 Å². The fourth-order valence-electron chi connectivity index (χ4n) is 10.5. The van der Waals surface area contributed by atoms with Crippen LogP contribution in [0.1, 0.15) is 0 Å². The minimum absolute atomic E-state index is 0.0442. The Morgan fingerprint density at radius 3 is 1.66 bits per heavy atom. The third kappa shape index (κ3) is 3.83. The van der Waals surface area contributed by atoms with Crippen molar-refractivity contribution in [1.82, 2.24) is 0 Å². The van der Waals surface area contributed by atoms with Crippen LogP contribution in [0, 0.1) is 10.1 Å². The summed E-state index contributed by atoms with van der Waals surface area (Å²) in [6, 6.07) is 53.4. The molecule has 6 aliphatic heterocycles. The number of para-hydroxylation sites is 2. The summed E-state index contributed by atoms with van der Waals surface area (Å²) in [5.74, 6) is 6.21. The van der Waals surface area contributed by atoms with Gasteiger partial charge in [0.2, 0.25) is 0 Å². The molecule has 1 unspecified atom stereocenters. The van der Waals surface area contributed by atoms with Gasteiger partial charge in [-0.3, -0.25) is 0 Å². The van der Waals surface area contributed by atoms with E-state index in [1.54, 1.807) is 12.1 Å². The van der Waals surface area contributed by atoms with Gasteiger partial charge in [0.05, 0.1) is 0 Å². The Hall–Kier alpha value is -6.95. The summed E-state index contributed by atoms with van der Waals surface area (Å²) >= 11 is -7.14. The third-order valence-electron chi connectivity index (χ3n) is 12.6. The summed E-state index contributed by atoms with van der Waals surface area (Å²) in [5, 5.41) is 12.2. The predicted molar refractivity (Wildman–Crippen MR) is 231 cm³/mol. The van der Waals surface area contributed by atoms with E-state index in [-0.39, 0.29) is 10.6 Å². The van der Waals surface area contributed by atoms with Crippen LogP contribution in [0.4, 0.5) is 39.8 Å². The van der Waals surface area contributed by atoms with Gasteiger partial charge in [-0.2, -0.15) is 0 Å². The molecule has 8 aromatic rings. The molecule has 11 heteroatoms. The molecule has 0 fully saturated rings. The Morgan fingerprint density at radius 1 is 0.458 bits per heavy atom. The van der Waals surface area contributed by atoms with Crippen LogP contribution in [-0.4, -0.2) is 32.5 Å². The maximum atomic E-state index is 12.2. The van der Waals surface area contributed by atoms with Gasteiger partial charge in [0.15, 0.2) is 0 Å². The standard InChI is InChI=1S/C48H26Ge2N3O6/c54-53(55)30-25-23-27(24-26-30)50-42-32-16-8-20-36(42)57-37-21-10-22-38(43(37)50)59-48-44(50)46(52(32)29-13-5-2-6-14-29)45-41-47(48)58-35-19-9-18-34-40(35)49(41)39-31(15-7-17-33(39)56-34)51(45)28-11-3-1-4-12-28/h1-26H. The monoisotopic (exact) mass is 888 g/mol. The first-order valence-electron chi connectivity index (χ1n) is 19.4. The average molecular weight is 886 g/mol. The summed E-state index contributed by atoms with van der Waals surface area (Å²) in [4.78, 5) is 16.7. The second-order valence-corrected chi connectivity index (χ2v) is 27.6. The summed E-state index contributed by atoms with van der Waals surface area (Å²) in [5.41, 5.74) is 6.26. The second-order valence-electron chi connectivity index (χ2n) is 15.3. The molecule has 0 saturated carbocycles. The van der Waals surface area contributed by atoms with Gasteiger partial charge in [0.1, 0.15) is 0 Å². The van der Waals surface area contributed by atoms with Crippen molar-refractivity contribution in [3.05, 3.63) is 168 Å². The number of nitrogens with zero attached hydrogens (tertiary/aromatic N) is 3. The first kappa shape index (κ1) is 32.1. The molecule has 1 atom stereocenters. The summed E-state index contributed by atoms with van der Waals surface area (Å²) in [6.45, 7) is 0. The normalized spacial score (nSPS) is 17.1. The Morgan fingerprint density at radius 2 is 0.983 bits per heavy atom. The van der Waals surface area contributed by atoms with E-state index in [4.69, 9.17) is 18.9 Å². The third-order valence-corrected chi connectivity index (χ3v) is 29.1. The van der Waals surface area contributed by atoms with Crippen LogP contribution in [-0.2, 0) is 0 Å². The molecule has 6 aliphatic rings. The van der Waals surface area contributed by atoms with E-state index in [0.29, 0.717) is 5.75 Å². The van der Waals surface area contributed by atoms with Crippen molar-refractivity contribution in [2.75, 3.05) is 9.80 Å². The van der Waals surface area contributed by atoms with Crippen LogP contribution in [0.15, 0.2) is 158 Å². The number of ether oxygens (including phenoxy) is 4. The van der Waals surface area contributed by atoms with Gasteiger partial charge in [-0.25, -0.2) is 0 Å². The molecule has 0 amide bonds. The Labute approximate surface area is 343 Å². The quantitative estimate of drug-likeness (QED) is 0.102. The molecule has 0 N–H and O–H groups in total. The van der Waals surface area contributed by atoms with E-state index in [1.807, 2.05) is 42.5 Å². The molecule has 59 heavy (non-hydrogen) atoms. The van der Waals surface area contributed by atoms with Crippen LogP contribution in [0.5, 0.6) is 46.0 Å². The number of rotatable bonds is 4. The van der Waals surface area contributed by atoms with Gasteiger partial charge >= 0.3 is 346 Å². The first-order chi connectivity index (χ1) is 29.1. The maximum absolute atomic E-state index is 12.2. The molecule has 0 aromatic heterocycles. The molecule has 1 radical (unpaired) electrons. The van der Waals surface area contributed by atoms with Gasteiger partial charge < -0.3 is 0 Å². The molecule has 0 spiro atoms. The summed E-state index contributed by atoms with van der Waals surface area (Å²) in [6.07, 6.45) is 0. The van der Waals surface area contributed by atoms with Crippen LogP contribution < -0.4 is 59.5 Å². The van der Waals surface area contributed by atoms with Crippen molar-refractivity contribution in [2.45, 2.75) is 0 Å². The second kappa shape index (κ2) is 11.2. The van der Waals surface area contributed by atoms with E-state index < -0.39 is 27.6 Å². The van der Waals surface area contributed by atoms with E-state index in [9.17, 15) is 10.1 Å². The molecule has 6 heterocycles. The van der Waals surface area contributed by atoms with Crippen LogP contribution in [0.25, 0.3) is 0 Å². The molecule has 14 rings (SSSR count). The number of benzene rings is 8. The Bertz CT molecular complexity index is 3240. The van der Waals surface area contributed by atoms with E-state index in [2.05, 4.69) is 113 Å². The van der Waals surface area contributed by atoms with Gasteiger partial charge in [-0.05, 0) is 0 Å². The number of fused-ring (bicyclic) bond motifs is 2. The zero-order valence-electron chi connectivity index (χ0n) is 30.8. The van der Waals surface area contributed by atoms with Crippen molar-refractivity contribution in [1.29, 1.82) is 0 Å². The average Bonchev–Trinajstić information content (AvgIpc) is 3.28. The van der Waals surface area contributed by atoms with Crippen LogP contribution in [0.2, 0.25) is 0 Å². The van der Waals surface area contributed by atoms with Gasteiger partial charge in [-0.15, -0.1) is 0 Å². The fourth-order valence-corrected chi connectivity index (χ4v) is 28.7. The number of non-ortho nitro benzene ring substituents is 1. The van der Waals surface area contributed by atoms with Crippen LogP contribution >= 0.6 is 0 Å². The van der Waals surface area contributed by atoms with Crippen LogP contribution in [0.3, 0.4) is 0 Å². The molecule has 0 saturated heterocycles. The van der Waals surface area contributed by atoms with Gasteiger partial charge in [-0.1, -0.05) is 0 Å². The van der Waals surface area contributed by atoms with Crippen molar-refractivity contribution in [3.8, 4) is 46.0 Å². The van der Waals surface area contributed by atoms with E-state index >= 15 is 0 Å². The number of anilines is 6. The summed E-state index contributed by atoms with van der Waals surface area (Å²) < 4.78 is 36.2. The zero-order chi connectivity index (χ0) is 38.7. The van der Waals surface area contributed by atoms with Gasteiger partial charge in [0.25, 0.3) is 0 Å². The fraction of sp³-hybridized carbons (Fsp3) is 0. The molecule has 9 nitrogen and oxygen atoms in total. The van der Waals surface area contributed by atoms with Crippen molar-refractivity contribution >= 4 is 98.2 Å². The van der Waals surface area contributed by atoms with E-state index in [0.717, 1.165) is 96.4 Å². The number of hydrogen-bond acceptors (Lipinski definition) is 8. The zero-order valence-corrected chi connectivity index (χ0v) is 35.0. The molecule has 0 aliphatic carbocycles. The number of nitro benzene ring substituents is 1. The van der Waals surface area contributed by atoms with E-state index in [1.165, 1.54) is 8.79 Å². The first-order valence-corrected chi connectivity index (χ1v) is 26.8. The number of nitro groups is 1. The van der Waals surface area contributed by atoms with Crippen molar-refractivity contribution < 1.29 is 23.9 Å². The molecule has 0 bridgehead atoms. The topological polar surface area (TPSA) is 86.5 Å². The minimum atomic E-state index is -4.36. The Kier molecular flexibility index (Phi) is 6.06. The molecule has 8 aromatic carbocycles. The molecular weight excluding hydrogens is 860 g/mol.